The number of carbonyl (C=O) groups is 1. The molecule has 1 amide bonds. The lowest BCUT2D eigenvalue weighted by atomic mass is 9.94. The predicted octanol–water partition coefficient (Wildman–Crippen LogP) is 1.08. The zero-order chi connectivity index (χ0) is 17.2. The van der Waals surface area contributed by atoms with Gasteiger partial charge in [-0.2, -0.15) is 0 Å². The fourth-order valence-corrected chi connectivity index (χ4v) is 4.35. The fourth-order valence-electron chi connectivity index (χ4n) is 4.35. The van der Waals surface area contributed by atoms with E-state index in [1.165, 1.54) is 12.8 Å². The van der Waals surface area contributed by atoms with Crippen molar-refractivity contribution in [1.29, 1.82) is 0 Å². The highest BCUT2D eigenvalue weighted by Crippen LogP contribution is 2.32. The van der Waals surface area contributed by atoms with Crippen LogP contribution in [0.1, 0.15) is 42.6 Å². The van der Waals surface area contributed by atoms with Crippen LogP contribution >= 0.6 is 0 Å². The molecule has 136 valence electrons. The molecule has 1 aliphatic carbocycles. The molecule has 3 atom stereocenters. The Hall–Kier alpha value is -1.73. The van der Waals surface area contributed by atoms with Crippen LogP contribution in [-0.2, 0) is 4.74 Å². The number of aromatic nitrogens is 2. The minimum Gasteiger partial charge on any atom is -0.393 e. The minimum atomic E-state index is -0.342. The standard InChI is InChI=1S/C18H26N4O3/c23-16-5-3-4-13(16)15-12-25-11-10-22(15)18(24)14-6-7-17(20-19-14)21-8-1-2-9-21/h6-7,13,15-16,23H,1-5,8-12H2/t13-,15+,16+/m0/s1. The molecule has 0 aromatic carbocycles. The number of amides is 1. The number of carbonyl (C=O) groups excluding carboxylic acids is 1. The highest BCUT2D eigenvalue weighted by molar-refractivity contribution is 5.92. The zero-order valence-corrected chi connectivity index (χ0v) is 14.5. The van der Waals surface area contributed by atoms with Crippen LogP contribution in [0.15, 0.2) is 12.1 Å². The van der Waals surface area contributed by atoms with Gasteiger partial charge in [0, 0.05) is 25.6 Å². The summed E-state index contributed by atoms with van der Waals surface area (Å²) in [5, 5.41) is 18.7. The number of hydrogen-bond donors (Lipinski definition) is 1. The number of hydrogen-bond acceptors (Lipinski definition) is 6. The molecule has 0 radical (unpaired) electrons. The molecule has 2 aliphatic heterocycles. The number of morpholine rings is 1. The second-order valence-corrected chi connectivity index (χ2v) is 7.27. The van der Waals surface area contributed by atoms with Crippen LogP contribution in [-0.4, -0.2) is 71.1 Å². The van der Waals surface area contributed by atoms with Crippen LogP contribution < -0.4 is 4.90 Å². The van der Waals surface area contributed by atoms with Crippen LogP contribution in [0.5, 0.6) is 0 Å². The first-order chi connectivity index (χ1) is 12.2. The number of rotatable bonds is 3. The summed E-state index contributed by atoms with van der Waals surface area (Å²) in [4.78, 5) is 17.0. The lowest BCUT2D eigenvalue weighted by molar-refractivity contribution is -0.0386. The molecule has 3 heterocycles. The second kappa shape index (κ2) is 7.25. The molecule has 1 saturated carbocycles. The van der Waals surface area contributed by atoms with Crippen LogP contribution in [0.25, 0.3) is 0 Å². The summed E-state index contributed by atoms with van der Waals surface area (Å²) >= 11 is 0. The van der Waals surface area contributed by atoms with Gasteiger partial charge in [0.15, 0.2) is 11.5 Å². The van der Waals surface area contributed by atoms with Gasteiger partial charge in [0.1, 0.15) is 0 Å². The van der Waals surface area contributed by atoms with E-state index in [2.05, 4.69) is 15.1 Å². The predicted molar refractivity (Wildman–Crippen MR) is 92.5 cm³/mol. The van der Waals surface area contributed by atoms with E-state index in [0.29, 0.717) is 25.5 Å². The first-order valence-corrected chi connectivity index (χ1v) is 9.39. The second-order valence-electron chi connectivity index (χ2n) is 7.27. The normalized spacial score (nSPS) is 30.0. The van der Waals surface area contributed by atoms with Crippen molar-refractivity contribution in [3.05, 3.63) is 17.8 Å². The molecule has 1 aromatic rings. The maximum atomic E-state index is 13.0. The number of aliphatic hydroxyl groups is 1. The smallest absolute Gasteiger partial charge is 0.274 e. The lowest BCUT2D eigenvalue weighted by Gasteiger charge is -2.39. The largest absolute Gasteiger partial charge is 0.393 e. The minimum absolute atomic E-state index is 0.0705. The van der Waals surface area contributed by atoms with E-state index in [0.717, 1.165) is 38.2 Å². The summed E-state index contributed by atoms with van der Waals surface area (Å²) in [6, 6.07) is 3.60. The van der Waals surface area contributed by atoms with Gasteiger partial charge in [0.05, 0.1) is 25.4 Å². The molecule has 2 saturated heterocycles. The van der Waals surface area contributed by atoms with Crippen molar-refractivity contribution in [3.63, 3.8) is 0 Å². The van der Waals surface area contributed by atoms with Crippen LogP contribution in [0.3, 0.4) is 0 Å². The van der Waals surface area contributed by atoms with Gasteiger partial charge < -0.3 is 19.6 Å². The van der Waals surface area contributed by atoms with Crippen LogP contribution in [0.2, 0.25) is 0 Å². The monoisotopic (exact) mass is 346 g/mol. The molecule has 7 heteroatoms. The van der Waals surface area contributed by atoms with E-state index in [1.807, 2.05) is 11.0 Å². The van der Waals surface area contributed by atoms with E-state index in [1.54, 1.807) is 6.07 Å². The molecule has 1 N–H and O–H groups in total. The summed E-state index contributed by atoms with van der Waals surface area (Å²) in [6.45, 7) is 3.58. The number of ether oxygens (including phenoxy) is 1. The average Bonchev–Trinajstić information content (AvgIpc) is 3.33. The maximum absolute atomic E-state index is 13.0. The third kappa shape index (κ3) is 3.35. The summed E-state index contributed by atoms with van der Waals surface area (Å²) in [5.41, 5.74) is 0.377. The van der Waals surface area contributed by atoms with Gasteiger partial charge in [-0.3, -0.25) is 4.79 Å². The molecular formula is C18H26N4O3. The van der Waals surface area contributed by atoms with Gasteiger partial charge in [0.2, 0.25) is 0 Å². The maximum Gasteiger partial charge on any atom is 0.274 e. The third-order valence-corrected chi connectivity index (χ3v) is 5.75. The number of nitrogens with zero attached hydrogens (tertiary/aromatic N) is 4. The van der Waals surface area contributed by atoms with Crippen molar-refractivity contribution in [3.8, 4) is 0 Å². The quantitative estimate of drug-likeness (QED) is 0.882. The van der Waals surface area contributed by atoms with Gasteiger partial charge in [-0.25, -0.2) is 0 Å². The molecule has 1 aromatic heterocycles. The Bertz CT molecular complexity index is 603. The lowest BCUT2D eigenvalue weighted by Crippen LogP contribution is -2.53. The van der Waals surface area contributed by atoms with Gasteiger partial charge >= 0.3 is 0 Å². The van der Waals surface area contributed by atoms with Crippen molar-refractivity contribution >= 4 is 11.7 Å². The first kappa shape index (κ1) is 16.7. The van der Waals surface area contributed by atoms with Gasteiger partial charge in [0.25, 0.3) is 5.91 Å². The van der Waals surface area contributed by atoms with Gasteiger partial charge in [-0.15, -0.1) is 10.2 Å². The Morgan fingerprint density at radius 2 is 1.96 bits per heavy atom. The average molecular weight is 346 g/mol. The molecule has 25 heavy (non-hydrogen) atoms. The van der Waals surface area contributed by atoms with Gasteiger partial charge in [-0.05, 0) is 37.8 Å². The Labute approximate surface area is 148 Å². The Kier molecular flexibility index (Phi) is 4.85. The molecule has 4 rings (SSSR count). The van der Waals surface area contributed by atoms with Crippen molar-refractivity contribution in [2.75, 3.05) is 37.7 Å². The summed E-state index contributed by atoms with van der Waals surface area (Å²) in [5.74, 6) is 0.841. The van der Waals surface area contributed by atoms with E-state index >= 15 is 0 Å². The highest BCUT2D eigenvalue weighted by atomic mass is 16.5. The molecule has 0 unspecified atom stereocenters. The van der Waals surface area contributed by atoms with Crippen LogP contribution in [0.4, 0.5) is 5.82 Å². The summed E-state index contributed by atoms with van der Waals surface area (Å²) in [7, 11) is 0. The van der Waals surface area contributed by atoms with Crippen molar-refractivity contribution in [1.82, 2.24) is 15.1 Å². The van der Waals surface area contributed by atoms with E-state index in [-0.39, 0.29) is 24.0 Å². The highest BCUT2D eigenvalue weighted by Gasteiger charge is 2.40. The molecule has 0 spiro atoms. The molecule has 0 bridgehead atoms. The van der Waals surface area contributed by atoms with Crippen molar-refractivity contribution in [2.45, 2.75) is 44.2 Å². The fraction of sp³-hybridized carbons (Fsp3) is 0.722. The third-order valence-electron chi connectivity index (χ3n) is 5.75. The molecule has 3 aliphatic rings. The van der Waals surface area contributed by atoms with E-state index < -0.39 is 0 Å². The van der Waals surface area contributed by atoms with E-state index in [4.69, 9.17) is 4.74 Å². The van der Waals surface area contributed by atoms with Crippen molar-refractivity contribution < 1.29 is 14.6 Å². The molecule has 3 fully saturated rings. The van der Waals surface area contributed by atoms with Crippen LogP contribution in [0, 0.1) is 5.92 Å². The van der Waals surface area contributed by atoms with Gasteiger partial charge in [-0.1, -0.05) is 6.42 Å². The summed E-state index contributed by atoms with van der Waals surface area (Å²) in [6.07, 6.45) is 4.79. The van der Waals surface area contributed by atoms with E-state index in [9.17, 15) is 9.90 Å². The zero-order valence-electron chi connectivity index (χ0n) is 14.5. The SMILES string of the molecule is O=C(c1ccc(N2CCCC2)nn1)N1CCOC[C@@H]1[C@@H]1CCC[C@H]1O. The first-order valence-electron chi connectivity index (χ1n) is 9.39. The number of aliphatic hydroxyl groups excluding tert-OH is 1. The Morgan fingerprint density at radius 1 is 1.12 bits per heavy atom. The number of anilines is 1. The molecule has 7 nitrogen and oxygen atoms in total. The molecular weight excluding hydrogens is 320 g/mol. The summed E-state index contributed by atoms with van der Waals surface area (Å²) < 4.78 is 5.60. The Balaban J connectivity index is 1.49. The topological polar surface area (TPSA) is 78.8 Å². The Morgan fingerprint density at radius 3 is 2.64 bits per heavy atom. The van der Waals surface area contributed by atoms with Crippen molar-refractivity contribution in [2.24, 2.45) is 5.92 Å².